The molecule has 3 rings (SSSR count). The Labute approximate surface area is 144 Å². The molecule has 6 nitrogen and oxygen atoms in total. The van der Waals surface area contributed by atoms with Gasteiger partial charge in [0, 0.05) is 13.0 Å². The van der Waals surface area contributed by atoms with Gasteiger partial charge in [-0.15, -0.1) is 0 Å². The average molecular weight is 340 g/mol. The molecule has 0 saturated heterocycles. The molecule has 0 radical (unpaired) electrons. The van der Waals surface area contributed by atoms with Gasteiger partial charge >= 0.3 is 5.76 Å². The van der Waals surface area contributed by atoms with Crippen molar-refractivity contribution in [3.63, 3.8) is 0 Å². The van der Waals surface area contributed by atoms with Gasteiger partial charge in [-0.1, -0.05) is 24.3 Å². The van der Waals surface area contributed by atoms with E-state index in [1.165, 1.54) is 0 Å². The monoisotopic (exact) mass is 340 g/mol. The number of carbonyl (C=O) groups excluding carboxylic acids is 1. The van der Waals surface area contributed by atoms with Crippen molar-refractivity contribution >= 4 is 17.0 Å². The Morgan fingerprint density at radius 3 is 2.88 bits per heavy atom. The van der Waals surface area contributed by atoms with Crippen LogP contribution in [-0.2, 0) is 17.6 Å². The summed E-state index contributed by atoms with van der Waals surface area (Å²) in [5, 5.41) is 2.92. The van der Waals surface area contributed by atoms with Gasteiger partial charge in [0.05, 0.1) is 12.6 Å². The number of carbonyl (C=O) groups is 1. The topological polar surface area (TPSA) is 84.3 Å². The molecule has 0 bridgehead atoms. The summed E-state index contributed by atoms with van der Waals surface area (Å²) < 4.78 is 10.3. The molecule has 130 valence electrons. The number of aromatic nitrogens is 1. The van der Waals surface area contributed by atoms with Gasteiger partial charge < -0.3 is 14.5 Å². The van der Waals surface area contributed by atoms with Crippen molar-refractivity contribution in [2.45, 2.75) is 19.3 Å². The maximum absolute atomic E-state index is 12.0. The lowest BCUT2D eigenvalue weighted by Crippen LogP contribution is -2.25. The van der Waals surface area contributed by atoms with Gasteiger partial charge in [0.15, 0.2) is 5.58 Å². The Hall–Kier alpha value is -3.02. The van der Waals surface area contributed by atoms with Gasteiger partial charge in [-0.05, 0) is 42.2 Å². The molecule has 25 heavy (non-hydrogen) atoms. The Bertz CT molecular complexity index is 926. The number of nitrogens with one attached hydrogen (secondary N) is 2. The highest BCUT2D eigenvalue weighted by Crippen LogP contribution is 2.18. The van der Waals surface area contributed by atoms with Gasteiger partial charge in [-0.25, -0.2) is 4.79 Å². The SMILES string of the molecule is COc1ccccc1CCC(=O)NCCc1ccc2oc(=O)[nH]c2c1. The number of ether oxygens (including phenoxy) is 1. The zero-order valence-electron chi connectivity index (χ0n) is 14.0. The first-order chi connectivity index (χ1) is 12.2. The molecule has 2 N–H and O–H groups in total. The number of hydrogen-bond acceptors (Lipinski definition) is 4. The first kappa shape index (κ1) is 16.8. The summed E-state index contributed by atoms with van der Waals surface area (Å²) in [5.41, 5.74) is 3.25. The molecule has 0 aliphatic carbocycles. The number of H-pyrrole nitrogens is 1. The Balaban J connectivity index is 1.47. The second-order valence-electron chi connectivity index (χ2n) is 5.76. The molecular formula is C19H20N2O4. The largest absolute Gasteiger partial charge is 0.496 e. The van der Waals surface area contributed by atoms with Crippen molar-refractivity contribution in [2.24, 2.45) is 0 Å². The highest BCUT2D eigenvalue weighted by molar-refractivity contribution is 5.76. The lowest BCUT2D eigenvalue weighted by molar-refractivity contribution is -0.121. The van der Waals surface area contributed by atoms with E-state index in [2.05, 4.69) is 10.3 Å². The van der Waals surface area contributed by atoms with Gasteiger partial charge in [0.25, 0.3) is 0 Å². The van der Waals surface area contributed by atoms with E-state index in [9.17, 15) is 9.59 Å². The predicted octanol–water partition coefficient (Wildman–Crippen LogP) is 2.42. The highest BCUT2D eigenvalue weighted by atomic mass is 16.5. The number of benzene rings is 2. The summed E-state index contributed by atoms with van der Waals surface area (Å²) in [4.78, 5) is 25.8. The highest BCUT2D eigenvalue weighted by Gasteiger charge is 2.07. The molecule has 0 spiro atoms. The van der Waals surface area contributed by atoms with Crippen LogP contribution in [0.15, 0.2) is 51.7 Å². The van der Waals surface area contributed by atoms with Crippen molar-refractivity contribution in [2.75, 3.05) is 13.7 Å². The van der Waals surface area contributed by atoms with Crippen molar-refractivity contribution in [1.82, 2.24) is 10.3 Å². The number of amides is 1. The average Bonchev–Trinajstić information content (AvgIpc) is 2.99. The zero-order valence-corrected chi connectivity index (χ0v) is 14.0. The third kappa shape index (κ3) is 4.29. The number of rotatable bonds is 7. The summed E-state index contributed by atoms with van der Waals surface area (Å²) >= 11 is 0. The summed E-state index contributed by atoms with van der Waals surface area (Å²) in [7, 11) is 1.63. The molecule has 0 atom stereocenters. The smallest absolute Gasteiger partial charge is 0.417 e. The van der Waals surface area contributed by atoms with Crippen molar-refractivity contribution < 1.29 is 13.9 Å². The lowest BCUT2D eigenvalue weighted by Gasteiger charge is -2.08. The van der Waals surface area contributed by atoms with Crippen LogP contribution in [0.25, 0.3) is 11.1 Å². The van der Waals surface area contributed by atoms with Crippen molar-refractivity contribution in [3.05, 3.63) is 64.1 Å². The van der Waals surface area contributed by atoms with E-state index in [-0.39, 0.29) is 5.91 Å². The fourth-order valence-electron chi connectivity index (χ4n) is 2.75. The van der Waals surface area contributed by atoms with E-state index >= 15 is 0 Å². The second kappa shape index (κ2) is 7.70. The predicted molar refractivity (Wildman–Crippen MR) is 94.9 cm³/mol. The molecule has 3 aromatic rings. The van der Waals surface area contributed by atoms with Crippen LogP contribution < -0.4 is 15.8 Å². The van der Waals surface area contributed by atoms with E-state index in [0.717, 1.165) is 16.9 Å². The van der Waals surface area contributed by atoms with Crippen LogP contribution in [0.2, 0.25) is 0 Å². The van der Waals surface area contributed by atoms with E-state index in [1.807, 2.05) is 36.4 Å². The van der Waals surface area contributed by atoms with E-state index in [0.29, 0.717) is 36.9 Å². The van der Waals surface area contributed by atoms with Crippen LogP contribution in [0.4, 0.5) is 0 Å². The van der Waals surface area contributed by atoms with Gasteiger partial charge in [-0.2, -0.15) is 0 Å². The number of aryl methyl sites for hydroxylation is 1. The number of aromatic amines is 1. The molecular weight excluding hydrogens is 320 g/mol. The van der Waals surface area contributed by atoms with Crippen LogP contribution in [0, 0.1) is 0 Å². The van der Waals surface area contributed by atoms with Crippen molar-refractivity contribution in [3.8, 4) is 5.75 Å². The van der Waals surface area contributed by atoms with Crippen LogP contribution >= 0.6 is 0 Å². The maximum Gasteiger partial charge on any atom is 0.417 e. The normalized spacial score (nSPS) is 10.8. The molecule has 0 aliphatic rings. The van der Waals surface area contributed by atoms with Crippen LogP contribution in [0.5, 0.6) is 5.75 Å². The second-order valence-corrected chi connectivity index (χ2v) is 5.76. The molecule has 2 aromatic carbocycles. The summed E-state index contributed by atoms with van der Waals surface area (Å²) in [6.45, 7) is 0.540. The minimum Gasteiger partial charge on any atom is -0.496 e. The fraction of sp³-hybridized carbons (Fsp3) is 0.263. The molecule has 0 aliphatic heterocycles. The summed E-state index contributed by atoms with van der Waals surface area (Å²) in [5.74, 6) is 0.346. The van der Waals surface area contributed by atoms with Crippen LogP contribution in [0.1, 0.15) is 17.5 Å². The van der Waals surface area contributed by atoms with Crippen LogP contribution in [-0.4, -0.2) is 24.5 Å². The van der Waals surface area contributed by atoms with Crippen LogP contribution in [0.3, 0.4) is 0 Å². The molecule has 6 heteroatoms. The number of methoxy groups -OCH3 is 1. The number of oxazole rings is 1. The molecule has 1 aromatic heterocycles. The zero-order chi connectivity index (χ0) is 17.6. The van der Waals surface area contributed by atoms with Gasteiger partial charge in [0.2, 0.25) is 5.91 Å². The molecule has 1 amide bonds. The van der Waals surface area contributed by atoms with E-state index < -0.39 is 5.76 Å². The third-order valence-corrected chi connectivity index (χ3v) is 4.03. The van der Waals surface area contributed by atoms with Gasteiger partial charge in [0.1, 0.15) is 5.75 Å². The minimum absolute atomic E-state index is 0.00343. The molecule has 0 saturated carbocycles. The first-order valence-electron chi connectivity index (χ1n) is 8.16. The van der Waals surface area contributed by atoms with E-state index in [4.69, 9.17) is 9.15 Å². The summed E-state index contributed by atoms with van der Waals surface area (Å²) in [6, 6.07) is 13.2. The number of para-hydroxylation sites is 1. The Morgan fingerprint density at radius 2 is 2.04 bits per heavy atom. The summed E-state index contributed by atoms with van der Waals surface area (Å²) in [6.07, 6.45) is 1.73. The third-order valence-electron chi connectivity index (χ3n) is 4.03. The van der Waals surface area contributed by atoms with Crippen molar-refractivity contribution in [1.29, 1.82) is 0 Å². The first-order valence-corrected chi connectivity index (χ1v) is 8.16. The Morgan fingerprint density at radius 1 is 1.20 bits per heavy atom. The number of fused-ring (bicyclic) bond motifs is 1. The quantitative estimate of drug-likeness (QED) is 0.692. The molecule has 0 unspecified atom stereocenters. The maximum atomic E-state index is 12.0. The number of hydrogen-bond donors (Lipinski definition) is 2. The fourth-order valence-corrected chi connectivity index (χ4v) is 2.75. The minimum atomic E-state index is -0.461. The standard InChI is InChI=1S/C19H20N2O4/c1-24-16-5-3-2-4-14(16)7-9-18(22)20-11-10-13-6-8-17-15(12-13)21-19(23)25-17/h2-6,8,12H,7,9-11H2,1H3,(H,20,22)(H,21,23). The molecule has 1 heterocycles. The molecule has 0 fully saturated rings. The van der Waals surface area contributed by atoms with E-state index in [1.54, 1.807) is 13.2 Å². The lowest BCUT2D eigenvalue weighted by atomic mass is 10.1. The Kier molecular flexibility index (Phi) is 5.18. The van der Waals surface area contributed by atoms with Gasteiger partial charge in [-0.3, -0.25) is 9.78 Å².